The number of nitrogens with one attached hydrogen (secondary N) is 1. The van der Waals surface area contributed by atoms with Gasteiger partial charge in [-0.25, -0.2) is 18.6 Å². The Balaban J connectivity index is 1.97. The Bertz CT molecular complexity index is 1040. The monoisotopic (exact) mass is 409 g/mol. The topological polar surface area (TPSA) is 107 Å². The number of thiophene rings is 1. The number of aromatic carboxylic acids is 1. The zero-order valence-corrected chi connectivity index (χ0v) is 15.8. The second-order valence-corrected chi connectivity index (χ2v) is 6.76. The van der Waals surface area contributed by atoms with Crippen molar-refractivity contribution in [3.05, 3.63) is 40.3 Å². The number of fused-ring (bicyclic) bond motifs is 1. The number of benzene rings is 1. The molecule has 3 rings (SSSR count). The van der Waals surface area contributed by atoms with Gasteiger partial charge in [0.2, 0.25) is 0 Å². The molecule has 0 fully saturated rings. The number of pyridine rings is 1. The molecule has 7 nitrogen and oxygen atoms in total. The molecule has 10 heteroatoms. The lowest BCUT2D eigenvalue weighted by atomic mass is 10.1. The number of nitrogens with zero attached hydrogens (tertiary/aromatic N) is 1. The van der Waals surface area contributed by atoms with Gasteiger partial charge in [-0.3, -0.25) is 0 Å². The number of alkyl halides is 2. The molecule has 3 aromatic rings. The molecule has 0 bridgehead atoms. The molecule has 148 valence electrons. The molecule has 28 heavy (non-hydrogen) atoms. The summed E-state index contributed by atoms with van der Waals surface area (Å²) >= 11 is 0.762. The van der Waals surface area contributed by atoms with Crippen LogP contribution in [0.1, 0.15) is 27.2 Å². The first-order chi connectivity index (χ1) is 13.3. The van der Waals surface area contributed by atoms with Crippen LogP contribution in [0.2, 0.25) is 0 Å². The van der Waals surface area contributed by atoms with E-state index in [4.69, 9.17) is 15.2 Å². The number of nitrogens with two attached hydrogens (primary N) is 1. The van der Waals surface area contributed by atoms with Gasteiger partial charge in [-0.2, -0.15) is 0 Å². The Kier molecular flexibility index (Phi) is 5.50. The van der Waals surface area contributed by atoms with Crippen molar-refractivity contribution in [1.29, 1.82) is 0 Å². The van der Waals surface area contributed by atoms with E-state index in [1.54, 1.807) is 18.2 Å². The van der Waals surface area contributed by atoms with E-state index >= 15 is 0 Å². The van der Waals surface area contributed by atoms with Crippen LogP contribution in [-0.2, 0) is 6.54 Å². The highest BCUT2D eigenvalue weighted by molar-refractivity contribution is 7.21. The summed E-state index contributed by atoms with van der Waals surface area (Å²) in [6, 6.07) is 6.41. The van der Waals surface area contributed by atoms with Crippen molar-refractivity contribution in [2.24, 2.45) is 0 Å². The smallest absolute Gasteiger partial charge is 0.348 e. The highest BCUT2D eigenvalue weighted by atomic mass is 32.1. The summed E-state index contributed by atoms with van der Waals surface area (Å²) in [5, 5.41) is 12.1. The number of nitrogen functional groups attached to an aromatic ring is 1. The minimum atomic E-state index is -2.83. The van der Waals surface area contributed by atoms with Crippen LogP contribution in [0, 0.1) is 0 Å². The molecule has 1 aromatic carbocycles. The predicted molar refractivity (Wildman–Crippen MR) is 103 cm³/mol. The summed E-state index contributed by atoms with van der Waals surface area (Å²) in [7, 11) is 3.05. The first-order valence-electron chi connectivity index (χ1n) is 8.04. The Morgan fingerprint density at radius 3 is 2.68 bits per heavy atom. The van der Waals surface area contributed by atoms with Crippen molar-refractivity contribution in [2.45, 2.75) is 13.0 Å². The van der Waals surface area contributed by atoms with Gasteiger partial charge in [0.25, 0.3) is 6.43 Å². The van der Waals surface area contributed by atoms with E-state index in [1.165, 1.54) is 20.3 Å². The Labute approximate surface area is 162 Å². The number of rotatable bonds is 7. The van der Waals surface area contributed by atoms with E-state index in [2.05, 4.69) is 10.3 Å². The van der Waals surface area contributed by atoms with Gasteiger partial charge in [0.15, 0.2) is 0 Å². The van der Waals surface area contributed by atoms with Crippen LogP contribution < -0.4 is 20.5 Å². The molecule has 2 heterocycles. The summed E-state index contributed by atoms with van der Waals surface area (Å²) in [5.74, 6) is 0.0861. The van der Waals surface area contributed by atoms with Crippen LogP contribution in [0.25, 0.3) is 10.2 Å². The molecule has 0 amide bonds. The molecule has 0 radical (unpaired) electrons. The average molecular weight is 409 g/mol. The van der Waals surface area contributed by atoms with Crippen LogP contribution >= 0.6 is 11.3 Å². The van der Waals surface area contributed by atoms with Gasteiger partial charge < -0.3 is 25.6 Å². The number of hydrogen-bond donors (Lipinski definition) is 3. The Morgan fingerprint density at radius 2 is 2.07 bits per heavy atom. The van der Waals surface area contributed by atoms with Crippen molar-refractivity contribution in [2.75, 3.05) is 25.3 Å². The number of anilines is 2. The lowest BCUT2D eigenvalue weighted by molar-refractivity contribution is 0.0703. The molecule has 0 unspecified atom stereocenters. The normalized spacial score (nSPS) is 11.0. The van der Waals surface area contributed by atoms with Crippen LogP contribution in [0.15, 0.2) is 24.3 Å². The summed E-state index contributed by atoms with van der Waals surface area (Å²) in [6.45, 7) is 0.251. The summed E-state index contributed by atoms with van der Waals surface area (Å²) in [4.78, 5) is 15.4. The molecule has 0 saturated heterocycles. The zero-order chi connectivity index (χ0) is 20.4. The van der Waals surface area contributed by atoms with Crippen LogP contribution in [0.3, 0.4) is 0 Å². The predicted octanol–water partition coefficient (Wildman–Crippen LogP) is 4.14. The largest absolute Gasteiger partial charge is 0.497 e. The quantitative estimate of drug-likeness (QED) is 0.538. The van der Waals surface area contributed by atoms with Crippen molar-refractivity contribution >= 4 is 39.0 Å². The van der Waals surface area contributed by atoms with Gasteiger partial charge in [-0.05, 0) is 18.2 Å². The van der Waals surface area contributed by atoms with E-state index in [9.17, 15) is 18.7 Å². The number of methoxy groups -OCH3 is 2. The fourth-order valence-electron chi connectivity index (χ4n) is 2.76. The molecular weight excluding hydrogens is 392 g/mol. The van der Waals surface area contributed by atoms with Gasteiger partial charge in [-0.15, -0.1) is 11.3 Å². The number of aromatic nitrogens is 1. The van der Waals surface area contributed by atoms with E-state index in [1.807, 2.05) is 0 Å². The maximum atomic E-state index is 13.5. The molecule has 4 N–H and O–H groups in total. The van der Waals surface area contributed by atoms with E-state index in [-0.39, 0.29) is 38.7 Å². The number of carbonyl (C=O) groups is 1. The van der Waals surface area contributed by atoms with Gasteiger partial charge in [0, 0.05) is 29.1 Å². The molecule has 0 atom stereocenters. The zero-order valence-electron chi connectivity index (χ0n) is 15.0. The number of halogens is 2. The minimum Gasteiger partial charge on any atom is -0.497 e. The van der Waals surface area contributed by atoms with Gasteiger partial charge >= 0.3 is 5.97 Å². The number of hydrogen-bond acceptors (Lipinski definition) is 7. The molecule has 0 spiro atoms. The van der Waals surface area contributed by atoms with Crippen molar-refractivity contribution in [1.82, 2.24) is 4.98 Å². The maximum Gasteiger partial charge on any atom is 0.348 e. The van der Waals surface area contributed by atoms with E-state index in [0.29, 0.717) is 11.5 Å². The number of carboxylic acid groups (broad SMARTS) is 1. The fraction of sp³-hybridized carbons (Fsp3) is 0.222. The van der Waals surface area contributed by atoms with Crippen molar-refractivity contribution in [3.8, 4) is 11.5 Å². The third-order valence-corrected chi connectivity index (χ3v) is 5.20. The summed E-state index contributed by atoms with van der Waals surface area (Å²) in [5.41, 5.74) is 5.97. The first kappa shape index (κ1) is 19.6. The third-order valence-electron chi connectivity index (χ3n) is 4.11. The van der Waals surface area contributed by atoms with E-state index < -0.39 is 12.4 Å². The van der Waals surface area contributed by atoms with Gasteiger partial charge in [-0.1, -0.05) is 0 Å². The maximum absolute atomic E-state index is 13.5. The van der Waals surface area contributed by atoms with Crippen LogP contribution in [0.4, 0.5) is 20.3 Å². The van der Waals surface area contributed by atoms with Gasteiger partial charge in [0.05, 0.1) is 19.9 Å². The first-order valence-corrected chi connectivity index (χ1v) is 8.86. The molecule has 2 aromatic heterocycles. The molecule has 0 aliphatic carbocycles. The molecule has 0 aliphatic heterocycles. The highest BCUT2D eigenvalue weighted by Crippen LogP contribution is 2.39. The van der Waals surface area contributed by atoms with Crippen LogP contribution in [-0.4, -0.2) is 30.3 Å². The molecule has 0 aliphatic rings. The minimum absolute atomic E-state index is 0.0232. The average Bonchev–Trinajstić information content (AvgIpc) is 3.02. The molecule has 0 saturated carbocycles. The Hall–Kier alpha value is -3.14. The van der Waals surface area contributed by atoms with E-state index in [0.717, 1.165) is 16.9 Å². The number of carboxylic acids is 1. The van der Waals surface area contributed by atoms with Crippen molar-refractivity contribution in [3.63, 3.8) is 0 Å². The van der Waals surface area contributed by atoms with Crippen LogP contribution in [0.5, 0.6) is 11.5 Å². The lowest BCUT2D eigenvalue weighted by Gasteiger charge is -2.13. The summed E-state index contributed by atoms with van der Waals surface area (Å²) < 4.78 is 37.5. The molecular formula is C18H17F2N3O4S. The second kappa shape index (κ2) is 7.85. The number of ether oxygens (including phenoxy) is 2. The summed E-state index contributed by atoms with van der Waals surface area (Å²) in [6.07, 6.45) is -2.83. The Morgan fingerprint density at radius 1 is 1.32 bits per heavy atom. The highest BCUT2D eigenvalue weighted by Gasteiger charge is 2.23. The SMILES string of the molecule is COc1ccc(CNc2cc(C(F)F)c3c(N)c(C(=O)O)sc3n2)c(OC)c1. The van der Waals surface area contributed by atoms with Gasteiger partial charge in [0.1, 0.15) is 27.0 Å². The third kappa shape index (κ3) is 3.63. The standard InChI is InChI=1S/C18H17F2N3O4S/c1-26-9-4-3-8(11(5-9)27-2)7-22-12-6-10(16(19)20)13-14(21)15(18(24)25)28-17(13)23-12/h3-6,16H,7,21H2,1-2H3,(H,22,23)(H,24,25). The van der Waals surface area contributed by atoms with Crippen molar-refractivity contribution < 1.29 is 28.2 Å². The second-order valence-electron chi connectivity index (χ2n) is 5.76. The fourth-order valence-corrected chi connectivity index (χ4v) is 3.72. The lowest BCUT2D eigenvalue weighted by Crippen LogP contribution is -2.04.